The summed E-state index contributed by atoms with van der Waals surface area (Å²) in [6.07, 6.45) is -0.541. The molecule has 1 fully saturated rings. The van der Waals surface area contributed by atoms with Gasteiger partial charge in [-0.05, 0) is 18.7 Å². The fourth-order valence-electron chi connectivity index (χ4n) is 2.09. The van der Waals surface area contributed by atoms with E-state index in [9.17, 15) is 4.79 Å². The van der Waals surface area contributed by atoms with Gasteiger partial charge in [-0.3, -0.25) is 0 Å². The van der Waals surface area contributed by atoms with Gasteiger partial charge >= 0.3 is 5.97 Å². The molecule has 0 saturated carbocycles. The fourth-order valence-corrected chi connectivity index (χ4v) is 2.09. The summed E-state index contributed by atoms with van der Waals surface area (Å²) in [5.74, 6) is -0.249. The molecule has 20 heavy (non-hydrogen) atoms. The molecule has 0 aromatic heterocycles. The van der Waals surface area contributed by atoms with Crippen molar-refractivity contribution in [3.05, 3.63) is 35.9 Å². The number of carbonyl (C=O) groups is 1. The van der Waals surface area contributed by atoms with Gasteiger partial charge in [-0.2, -0.15) is 0 Å². The molecule has 0 aliphatic carbocycles. The van der Waals surface area contributed by atoms with Crippen LogP contribution in [0.2, 0.25) is 0 Å². The standard InChI is InChI=1S/C15H21NO3.ClH/c1-3-16(4-2)10-11-18-15(17)14-13(19-14)12-8-6-5-7-9-12;/h5-9,13-14H,3-4,10-11H2,1-2H3;1H. The van der Waals surface area contributed by atoms with Crippen LogP contribution in [-0.4, -0.2) is 43.2 Å². The van der Waals surface area contributed by atoms with Crippen molar-refractivity contribution in [3.63, 3.8) is 0 Å². The first-order chi connectivity index (χ1) is 9.26. The van der Waals surface area contributed by atoms with Crippen molar-refractivity contribution in [3.8, 4) is 0 Å². The van der Waals surface area contributed by atoms with Gasteiger partial charge in [0.1, 0.15) is 12.7 Å². The Hall–Kier alpha value is -1.10. The van der Waals surface area contributed by atoms with Gasteiger partial charge in [-0.1, -0.05) is 44.2 Å². The lowest BCUT2D eigenvalue weighted by Gasteiger charge is -2.17. The van der Waals surface area contributed by atoms with E-state index in [2.05, 4.69) is 18.7 Å². The molecule has 0 N–H and O–H groups in total. The quantitative estimate of drug-likeness (QED) is 0.573. The Bertz CT molecular complexity index is 409. The normalized spacial score (nSPS) is 20.4. The Labute approximate surface area is 126 Å². The Morgan fingerprint density at radius 2 is 1.90 bits per heavy atom. The monoisotopic (exact) mass is 299 g/mol. The topological polar surface area (TPSA) is 42.1 Å². The third-order valence-corrected chi connectivity index (χ3v) is 3.40. The van der Waals surface area contributed by atoms with Gasteiger partial charge in [0.15, 0.2) is 6.10 Å². The SMILES string of the molecule is CCN(CC)CCOC(=O)C1OC1c1ccccc1.Cl. The predicted octanol–water partition coefficient (Wildman–Crippen LogP) is 2.43. The Balaban J connectivity index is 0.00000200. The van der Waals surface area contributed by atoms with E-state index in [0.717, 1.165) is 25.2 Å². The van der Waals surface area contributed by atoms with Gasteiger partial charge in [-0.25, -0.2) is 4.79 Å². The van der Waals surface area contributed by atoms with Gasteiger partial charge in [0.05, 0.1) is 0 Å². The zero-order valence-corrected chi connectivity index (χ0v) is 12.8. The summed E-state index contributed by atoms with van der Waals surface area (Å²) >= 11 is 0. The second-order valence-electron chi connectivity index (χ2n) is 4.58. The summed E-state index contributed by atoms with van der Waals surface area (Å²) in [5, 5.41) is 0. The van der Waals surface area contributed by atoms with E-state index in [0.29, 0.717) is 6.61 Å². The molecule has 1 heterocycles. The van der Waals surface area contributed by atoms with Crippen LogP contribution in [0.5, 0.6) is 0 Å². The number of hydrogen-bond acceptors (Lipinski definition) is 4. The molecule has 2 rings (SSSR count). The molecule has 4 nitrogen and oxygen atoms in total. The predicted molar refractivity (Wildman–Crippen MR) is 80.1 cm³/mol. The molecule has 0 bridgehead atoms. The molecule has 0 radical (unpaired) electrons. The van der Waals surface area contributed by atoms with Crippen molar-refractivity contribution in [1.29, 1.82) is 0 Å². The van der Waals surface area contributed by atoms with Crippen LogP contribution in [-0.2, 0) is 14.3 Å². The zero-order valence-electron chi connectivity index (χ0n) is 12.0. The maximum atomic E-state index is 11.8. The number of halogens is 1. The van der Waals surface area contributed by atoms with E-state index in [-0.39, 0.29) is 24.5 Å². The highest BCUT2D eigenvalue weighted by Crippen LogP contribution is 2.39. The number of likely N-dealkylation sites (N-methyl/N-ethyl adjacent to an activating group) is 1. The minimum atomic E-state index is -0.417. The van der Waals surface area contributed by atoms with E-state index >= 15 is 0 Å². The largest absolute Gasteiger partial charge is 0.462 e. The third-order valence-electron chi connectivity index (χ3n) is 3.40. The zero-order chi connectivity index (χ0) is 13.7. The number of ether oxygens (including phenoxy) is 2. The summed E-state index contributed by atoms with van der Waals surface area (Å²) < 4.78 is 10.6. The number of esters is 1. The van der Waals surface area contributed by atoms with Gasteiger partial charge in [0, 0.05) is 6.54 Å². The summed E-state index contributed by atoms with van der Waals surface area (Å²) in [7, 11) is 0. The minimum Gasteiger partial charge on any atom is -0.462 e. The van der Waals surface area contributed by atoms with Gasteiger partial charge in [0.25, 0.3) is 0 Å². The first kappa shape index (κ1) is 17.0. The first-order valence-electron chi connectivity index (χ1n) is 6.85. The maximum Gasteiger partial charge on any atom is 0.338 e. The van der Waals surface area contributed by atoms with Crippen molar-refractivity contribution in [1.82, 2.24) is 4.90 Å². The average molecular weight is 300 g/mol. The van der Waals surface area contributed by atoms with Crippen LogP contribution in [0.25, 0.3) is 0 Å². The van der Waals surface area contributed by atoms with Gasteiger partial charge in [-0.15, -0.1) is 12.4 Å². The molecule has 1 aromatic rings. The van der Waals surface area contributed by atoms with Crippen molar-refractivity contribution in [2.24, 2.45) is 0 Å². The number of benzene rings is 1. The molecular formula is C15H22ClNO3. The lowest BCUT2D eigenvalue weighted by molar-refractivity contribution is -0.145. The van der Waals surface area contributed by atoms with Crippen LogP contribution in [0.15, 0.2) is 30.3 Å². The Kier molecular flexibility index (Phi) is 6.99. The number of carbonyl (C=O) groups excluding carboxylic acids is 1. The van der Waals surface area contributed by atoms with Crippen LogP contribution in [0, 0.1) is 0 Å². The highest BCUT2D eigenvalue weighted by molar-refractivity contribution is 5.85. The van der Waals surface area contributed by atoms with Crippen molar-refractivity contribution in [2.75, 3.05) is 26.2 Å². The highest BCUT2D eigenvalue weighted by atomic mass is 35.5. The summed E-state index contributed by atoms with van der Waals surface area (Å²) in [4.78, 5) is 14.0. The third kappa shape index (κ3) is 4.47. The lowest BCUT2D eigenvalue weighted by Crippen LogP contribution is -2.28. The minimum absolute atomic E-state index is 0. The van der Waals surface area contributed by atoms with E-state index in [1.807, 2.05) is 30.3 Å². The molecule has 0 spiro atoms. The number of hydrogen-bond donors (Lipinski definition) is 0. The van der Waals surface area contributed by atoms with E-state index in [1.165, 1.54) is 0 Å². The molecule has 1 aromatic carbocycles. The number of nitrogens with zero attached hydrogens (tertiary/aromatic N) is 1. The molecule has 1 aliphatic rings. The number of rotatable bonds is 7. The van der Waals surface area contributed by atoms with Crippen LogP contribution < -0.4 is 0 Å². The molecule has 2 unspecified atom stereocenters. The van der Waals surface area contributed by atoms with Crippen LogP contribution >= 0.6 is 12.4 Å². The second-order valence-corrected chi connectivity index (χ2v) is 4.58. The highest BCUT2D eigenvalue weighted by Gasteiger charge is 2.47. The second kappa shape index (κ2) is 8.25. The van der Waals surface area contributed by atoms with E-state index in [1.54, 1.807) is 0 Å². The molecule has 5 heteroatoms. The molecule has 112 valence electrons. The van der Waals surface area contributed by atoms with E-state index < -0.39 is 6.10 Å². The molecule has 2 atom stereocenters. The maximum absolute atomic E-state index is 11.8. The lowest BCUT2D eigenvalue weighted by atomic mass is 10.1. The van der Waals surface area contributed by atoms with Crippen LogP contribution in [0.3, 0.4) is 0 Å². The van der Waals surface area contributed by atoms with Crippen molar-refractivity contribution >= 4 is 18.4 Å². The smallest absolute Gasteiger partial charge is 0.338 e. The molecule has 0 amide bonds. The Morgan fingerprint density at radius 1 is 1.25 bits per heavy atom. The van der Waals surface area contributed by atoms with Crippen LogP contribution in [0.1, 0.15) is 25.5 Å². The molecule has 1 saturated heterocycles. The molecular weight excluding hydrogens is 278 g/mol. The van der Waals surface area contributed by atoms with Crippen LogP contribution in [0.4, 0.5) is 0 Å². The summed E-state index contributed by atoms with van der Waals surface area (Å²) in [6, 6.07) is 9.77. The Morgan fingerprint density at radius 3 is 2.50 bits per heavy atom. The molecule has 1 aliphatic heterocycles. The fraction of sp³-hybridized carbons (Fsp3) is 0.533. The average Bonchev–Trinajstić information content (AvgIpc) is 3.25. The first-order valence-corrected chi connectivity index (χ1v) is 6.85. The van der Waals surface area contributed by atoms with Gasteiger partial charge < -0.3 is 14.4 Å². The van der Waals surface area contributed by atoms with Crippen molar-refractivity contribution < 1.29 is 14.3 Å². The summed E-state index contributed by atoms with van der Waals surface area (Å²) in [6.45, 7) is 7.35. The van der Waals surface area contributed by atoms with E-state index in [4.69, 9.17) is 9.47 Å². The number of epoxide rings is 1. The summed E-state index contributed by atoms with van der Waals surface area (Å²) in [5.41, 5.74) is 1.04. The van der Waals surface area contributed by atoms with Gasteiger partial charge in [0.2, 0.25) is 0 Å². The van der Waals surface area contributed by atoms with Crippen molar-refractivity contribution in [2.45, 2.75) is 26.1 Å².